The lowest BCUT2D eigenvalue weighted by atomic mass is 10.1. The van der Waals surface area contributed by atoms with Gasteiger partial charge in [-0.2, -0.15) is 13.9 Å². The van der Waals surface area contributed by atoms with E-state index < -0.39 is 30.2 Å². The molecule has 1 N–H and O–H groups in total. The van der Waals surface area contributed by atoms with Gasteiger partial charge in [0.25, 0.3) is 0 Å². The second kappa shape index (κ2) is 8.98. The Morgan fingerprint density at radius 3 is 2.74 bits per heavy atom. The van der Waals surface area contributed by atoms with Gasteiger partial charge in [-0.1, -0.05) is 11.6 Å². The highest BCUT2D eigenvalue weighted by Gasteiger charge is 2.46. The Kier molecular flexibility index (Phi) is 5.71. The molecule has 13 heteroatoms. The summed E-state index contributed by atoms with van der Waals surface area (Å²) < 4.78 is 50.1. The number of nitrogens with one attached hydrogen (secondary N) is 1. The third-order valence-electron chi connectivity index (χ3n) is 6.60. The second-order valence-corrected chi connectivity index (χ2v) is 9.46. The summed E-state index contributed by atoms with van der Waals surface area (Å²) in [7, 11) is 1.82. The Bertz CT molecular complexity index is 1660. The van der Waals surface area contributed by atoms with Crippen molar-refractivity contribution in [3.05, 3.63) is 77.2 Å². The van der Waals surface area contributed by atoms with Crippen LogP contribution in [0.15, 0.2) is 55.1 Å². The number of hydrogen-bond acceptors (Lipinski definition) is 6. The fourth-order valence-electron chi connectivity index (χ4n) is 4.70. The second-order valence-electron chi connectivity index (χ2n) is 9.05. The van der Waals surface area contributed by atoms with Crippen molar-refractivity contribution < 1.29 is 13.2 Å². The van der Waals surface area contributed by atoms with Crippen molar-refractivity contribution in [1.82, 2.24) is 39.1 Å². The minimum Gasteiger partial charge on any atom is -0.342 e. The largest absolute Gasteiger partial charge is 0.349 e. The van der Waals surface area contributed by atoms with Crippen LogP contribution in [0, 0.1) is 6.92 Å². The molecule has 0 aromatic carbocycles. The van der Waals surface area contributed by atoms with Crippen LogP contribution in [-0.2, 0) is 19.5 Å². The number of fused-ring (bicyclic) bond motifs is 3. The summed E-state index contributed by atoms with van der Waals surface area (Å²) in [4.78, 5) is 8.22. The smallest absolute Gasteiger partial charge is 0.342 e. The standard InChI is InChI=1S/C25H21ClF3N9/c1-14-11-31-20(33-21-5-7-32-36(21)2)9-17(14)15-8-19-23-34-35-24(38(23)16(10-27)13-37(19)12-15)25(28,29)22-18(26)4-3-6-30-22/h3-9,11-12,16H,10,13H2,1-2H3,(H,31,33)/t16-/m0/s1. The molecule has 194 valence electrons. The van der Waals surface area contributed by atoms with Crippen molar-refractivity contribution in [2.75, 3.05) is 12.0 Å². The fourth-order valence-corrected chi connectivity index (χ4v) is 4.94. The lowest BCUT2D eigenvalue weighted by molar-refractivity contribution is 0.0213. The van der Waals surface area contributed by atoms with E-state index in [1.807, 2.05) is 42.9 Å². The third kappa shape index (κ3) is 3.83. The predicted octanol–water partition coefficient (Wildman–Crippen LogP) is 5.31. The molecule has 0 bridgehead atoms. The molecule has 0 aliphatic carbocycles. The average molecular weight is 540 g/mol. The topological polar surface area (TPSA) is 91.3 Å². The summed E-state index contributed by atoms with van der Waals surface area (Å²) in [5, 5.41) is 15.0. The van der Waals surface area contributed by atoms with Gasteiger partial charge in [-0.3, -0.25) is 14.2 Å². The van der Waals surface area contributed by atoms with Gasteiger partial charge in [0.15, 0.2) is 5.82 Å². The van der Waals surface area contributed by atoms with Crippen LogP contribution in [0.5, 0.6) is 0 Å². The van der Waals surface area contributed by atoms with Crippen LogP contribution in [-0.4, -0.2) is 45.8 Å². The van der Waals surface area contributed by atoms with Crippen LogP contribution >= 0.6 is 11.6 Å². The minimum atomic E-state index is -3.68. The van der Waals surface area contributed by atoms with E-state index in [2.05, 4.69) is 30.6 Å². The number of rotatable bonds is 6. The first-order valence-corrected chi connectivity index (χ1v) is 12.1. The number of alkyl halides is 3. The third-order valence-corrected chi connectivity index (χ3v) is 6.91. The van der Waals surface area contributed by atoms with Crippen molar-refractivity contribution >= 4 is 23.2 Å². The molecule has 0 saturated carbocycles. The molecular formula is C25H21ClF3N9. The van der Waals surface area contributed by atoms with Gasteiger partial charge in [-0.25, -0.2) is 9.37 Å². The van der Waals surface area contributed by atoms with E-state index in [9.17, 15) is 4.39 Å². The Morgan fingerprint density at radius 2 is 2.00 bits per heavy atom. The van der Waals surface area contributed by atoms with Gasteiger partial charge in [-0.15, -0.1) is 10.2 Å². The number of aromatic nitrogens is 8. The molecule has 0 radical (unpaired) electrons. The molecule has 5 aromatic heterocycles. The molecule has 0 saturated heterocycles. The molecule has 1 aliphatic heterocycles. The van der Waals surface area contributed by atoms with E-state index in [-0.39, 0.29) is 17.4 Å². The minimum absolute atomic E-state index is 0.125. The Morgan fingerprint density at radius 1 is 1.16 bits per heavy atom. The highest BCUT2D eigenvalue weighted by molar-refractivity contribution is 6.31. The molecule has 0 fully saturated rings. The van der Waals surface area contributed by atoms with E-state index in [1.54, 1.807) is 17.1 Å². The summed E-state index contributed by atoms with van der Waals surface area (Å²) in [5.41, 5.74) is 2.48. The average Bonchev–Trinajstić information content (AvgIpc) is 3.63. The van der Waals surface area contributed by atoms with E-state index in [1.165, 1.54) is 22.9 Å². The number of hydrogen-bond donors (Lipinski definition) is 1. The number of anilines is 2. The number of nitrogens with zero attached hydrogens (tertiary/aromatic N) is 8. The van der Waals surface area contributed by atoms with Crippen molar-refractivity contribution in [3.8, 4) is 22.6 Å². The highest BCUT2D eigenvalue weighted by Crippen LogP contribution is 2.42. The van der Waals surface area contributed by atoms with Crippen molar-refractivity contribution in [1.29, 1.82) is 0 Å². The monoisotopic (exact) mass is 539 g/mol. The molecule has 1 atom stereocenters. The van der Waals surface area contributed by atoms with Gasteiger partial charge in [0.05, 0.1) is 23.0 Å². The Balaban J connectivity index is 1.42. The molecule has 0 amide bonds. The molecule has 1 aliphatic rings. The van der Waals surface area contributed by atoms with Crippen LogP contribution in [0.3, 0.4) is 0 Å². The van der Waals surface area contributed by atoms with E-state index >= 15 is 8.78 Å². The maximum Gasteiger partial charge on any atom is 0.349 e. The van der Waals surface area contributed by atoms with Crippen molar-refractivity contribution in [2.24, 2.45) is 7.05 Å². The molecule has 9 nitrogen and oxygen atoms in total. The Labute approximate surface area is 219 Å². The molecular weight excluding hydrogens is 519 g/mol. The van der Waals surface area contributed by atoms with Crippen molar-refractivity contribution in [2.45, 2.75) is 25.4 Å². The lowest BCUT2D eigenvalue weighted by Gasteiger charge is -2.27. The van der Waals surface area contributed by atoms with Gasteiger partial charge in [0.2, 0.25) is 5.82 Å². The van der Waals surface area contributed by atoms with Crippen LogP contribution in [0.2, 0.25) is 5.02 Å². The predicted molar refractivity (Wildman–Crippen MR) is 135 cm³/mol. The number of aryl methyl sites for hydroxylation is 2. The first-order valence-electron chi connectivity index (χ1n) is 11.7. The first-order chi connectivity index (χ1) is 18.3. The van der Waals surface area contributed by atoms with E-state index in [0.717, 1.165) is 22.5 Å². The summed E-state index contributed by atoms with van der Waals surface area (Å²) >= 11 is 6.02. The van der Waals surface area contributed by atoms with Crippen LogP contribution in [0.25, 0.3) is 22.6 Å². The highest BCUT2D eigenvalue weighted by atomic mass is 35.5. The Hall–Kier alpha value is -4.19. The van der Waals surface area contributed by atoms with Gasteiger partial charge >= 0.3 is 5.92 Å². The first kappa shape index (κ1) is 24.2. The van der Waals surface area contributed by atoms with Crippen LogP contribution in [0.4, 0.5) is 24.8 Å². The zero-order valence-electron chi connectivity index (χ0n) is 20.3. The number of pyridine rings is 2. The van der Waals surface area contributed by atoms with Gasteiger partial charge < -0.3 is 9.88 Å². The van der Waals surface area contributed by atoms with Gasteiger partial charge in [0, 0.05) is 43.8 Å². The van der Waals surface area contributed by atoms with Gasteiger partial charge in [0.1, 0.15) is 24.0 Å². The normalized spacial score (nSPS) is 14.8. The number of halogens is 4. The molecule has 0 spiro atoms. The molecule has 0 unspecified atom stereocenters. The summed E-state index contributed by atoms with van der Waals surface area (Å²) in [6.45, 7) is 1.17. The SMILES string of the molecule is Cc1cnc(Nc2ccnn2C)cc1-c1cc2n(c1)C[C@H](CF)n1c-2nnc1C(F)(F)c1ncccc1Cl. The summed E-state index contributed by atoms with van der Waals surface area (Å²) in [6, 6.07) is 7.40. The van der Waals surface area contributed by atoms with Crippen LogP contribution in [0.1, 0.15) is 23.1 Å². The summed E-state index contributed by atoms with van der Waals surface area (Å²) in [5.74, 6) is -2.86. The lowest BCUT2D eigenvalue weighted by Crippen LogP contribution is -2.30. The fraction of sp³-hybridized carbons (Fsp3) is 0.240. The maximum absolute atomic E-state index is 15.6. The van der Waals surface area contributed by atoms with E-state index in [4.69, 9.17) is 11.6 Å². The molecule has 5 aromatic rings. The molecule has 6 rings (SSSR count). The van der Waals surface area contributed by atoms with E-state index in [0.29, 0.717) is 11.5 Å². The van der Waals surface area contributed by atoms with Crippen molar-refractivity contribution in [3.63, 3.8) is 0 Å². The molecule has 38 heavy (non-hydrogen) atoms. The quantitative estimate of drug-likeness (QED) is 0.314. The summed E-state index contributed by atoms with van der Waals surface area (Å²) in [6.07, 6.45) is 6.50. The van der Waals surface area contributed by atoms with Gasteiger partial charge in [-0.05, 0) is 42.3 Å². The molecule has 6 heterocycles. The zero-order valence-corrected chi connectivity index (χ0v) is 21.0. The van der Waals surface area contributed by atoms with Crippen LogP contribution < -0.4 is 5.32 Å². The zero-order chi connectivity index (χ0) is 26.6. The maximum atomic E-state index is 15.6.